The van der Waals surface area contributed by atoms with Crippen LogP contribution in [0.3, 0.4) is 0 Å². The molecular formula is C15H16BrN3O2. The second kappa shape index (κ2) is 7.08. The van der Waals surface area contributed by atoms with Crippen molar-refractivity contribution in [3.05, 3.63) is 57.4 Å². The first-order chi connectivity index (χ1) is 10.1. The second-order valence-corrected chi connectivity index (χ2v) is 5.45. The Kier molecular flexibility index (Phi) is 5.16. The number of carbonyl (C=O) groups is 1. The van der Waals surface area contributed by atoms with Crippen molar-refractivity contribution in [3.63, 3.8) is 0 Å². The highest BCUT2D eigenvalue weighted by Gasteiger charge is 2.05. The van der Waals surface area contributed by atoms with Gasteiger partial charge in [-0.25, -0.2) is 0 Å². The van der Waals surface area contributed by atoms with Gasteiger partial charge < -0.3 is 15.6 Å². The number of aryl methyl sites for hydroxylation is 1. The smallest absolute Gasteiger partial charge is 0.264 e. The van der Waals surface area contributed by atoms with E-state index in [1.807, 2.05) is 12.1 Å². The number of hydrogen-bond acceptors (Lipinski definition) is 3. The number of nitrogens with zero attached hydrogens (tertiary/aromatic N) is 1. The predicted molar refractivity (Wildman–Crippen MR) is 87.1 cm³/mol. The summed E-state index contributed by atoms with van der Waals surface area (Å²) >= 11 is 3.19. The Labute approximate surface area is 130 Å². The summed E-state index contributed by atoms with van der Waals surface area (Å²) in [6.07, 6.45) is 2.61. The van der Waals surface area contributed by atoms with Crippen LogP contribution >= 0.6 is 15.9 Å². The van der Waals surface area contributed by atoms with Crippen LogP contribution in [0, 0.1) is 0 Å². The molecule has 0 aliphatic heterocycles. The summed E-state index contributed by atoms with van der Waals surface area (Å²) < 4.78 is 2.10. The van der Waals surface area contributed by atoms with Crippen LogP contribution in [0.2, 0.25) is 0 Å². The van der Waals surface area contributed by atoms with E-state index in [2.05, 4.69) is 21.2 Å². The van der Waals surface area contributed by atoms with E-state index in [9.17, 15) is 9.59 Å². The zero-order valence-corrected chi connectivity index (χ0v) is 13.0. The van der Waals surface area contributed by atoms with Crippen LogP contribution in [0.15, 0.2) is 51.9 Å². The SMILES string of the molecule is Nc1ccccc1NC(=O)CCCn1cccc(Br)c1=O. The number of pyridine rings is 1. The molecule has 0 spiro atoms. The van der Waals surface area contributed by atoms with Crippen molar-refractivity contribution in [2.75, 3.05) is 11.1 Å². The Morgan fingerprint density at radius 3 is 2.76 bits per heavy atom. The van der Waals surface area contributed by atoms with Gasteiger partial charge >= 0.3 is 0 Å². The fourth-order valence-corrected chi connectivity index (χ4v) is 2.30. The molecule has 0 saturated carbocycles. The molecule has 1 amide bonds. The maximum atomic E-state index is 11.8. The number of rotatable bonds is 5. The average molecular weight is 350 g/mol. The first-order valence-corrected chi connectivity index (χ1v) is 7.36. The minimum atomic E-state index is -0.115. The van der Waals surface area contributed by atoms with E-state index in [-0.39, 0.29) is 11.5 Å². The number of carbonyl (C=O) groups excluding carboxylic acids is 1. The Bertz CT molecular complexity index is 697. The number of nitrogens with one attached hydrogen (secondary N) is 1. The van der Waals surface area contributed by atoms with Crippen LogP contribution in [0.4, 0.5) is 11.4 Å². The Balaban J connectivity index is 1.86. The molecule has 0 atom stereocenters. The van der Waals surface area contributed by atoms with Gasteiger partial charge in [-0.3, -0.25) is 9.59 Å². The summed E-state index contributed by atoms with van der Waals surface area (Å²) in [4.78, 5) is 23.6. The fraction of sp³-hybridized carbons (Fsp3) is 0.200. The van der Waals surface area contributed by atoms with E-state index in [1.165, 1.54) is 0 Å². The molecule has 2 aromatic rings. The molecule has 0 unspecified atom stereocenters. The molecular weight excluding hydrogens is 334 g/mol. The highest BCUT2D eigenvalue weighted by atomic mass is 79.9. The number of halogens is 1. The van der Waals surface area contributed by atoms with Gasteiger partial charge in [0.15, 0.2) is 0 Å². The van der Waals surface area contributed by atoms with Crippen molar-refractivity contribution in [2.45, 2.75) is 19.4 Å². The normalized spacial score (nSPS) is 10.3. The molecule has 5 nitrogen and oxygen atoms in total. The van der Waals surface area contributed by atoms with E-state index in [4.69, 9.17) is 5.73 Å². The first-order valence-electron chi connectivity index (χ1n) is 6.57. The van der Waals surface area contributed by atoms with Crippen molar-refractivity contribution in [1.82, 2.24) is 4.57 Å². The highest BCUT2D eigenvalue weighted by molar-refractivity contribution is 9.10. The van der Waals surface area contributed by atoms with Gasteiger partial charge in [-0.15, -0.1) is 0 Å². The number of hydrogen-bond donors (Lipinski definition) is 2. The second-order valence-electron chi connectivity index (χ2n) is 4.59. The summed E-state index contributed by atoms with van der Waals surface area (Å²) in [7, 11) is 0. The average Bonchev–Trinajstić information content (AvgIpc) is 2.46. The Hall–Kier alpha value is -2.08. The minimum Gasteiger partial charge on any atom is -0.397 e. The lowest BCUT2D eigenvalue weighted by molar-refractivity contribution is -0.116. The van der Waals surface area contributed by atoms with Gasteiger partial charge in [0.05, 0.1) is 15.8 Å². The van der Waals surface area contributed by atoms with Crippen LogP contribution in [0.1, 0.15) is 12.8 Å². The molecule has 110 valence electrons. The lowest BCUT2D eigenvalue weighted by atomic mass is 10.2. The number of aromatic nitrogens is 1. The molecule has 21 heavy (non-hydrogen) atoms. The third-order valence-corrected chi connectivity index (χ3v) is 3.61. The fourth-order valence-electron chi connectivity index (χ4n) is 1.92. The largest absolute Gasteiger partial charge is 0.397 e. The summed E-state index contributed by atoms with van der Waals surface area (Å²) in [5.41, 5.74) is 6.82. The third-order valence-electron chi connectivity index (χ3n) is 3.01. The van der Waals surface area contributed by atoms with Gasteiger partial charge in [-0.2, -0.15) is 0 Å². The number of para-hydroxylation sites is 2. The van der Waals surface area contributed by atoms with Gasteiger partial charge in [0, 0.05) is 19.2 Å². The van der Waals surface area contributed by atoms with Crippen LogP contribution in [0.5, 0.6) is 0 Å². The van der Waals surface area contributed by atoms with Crippen molar-refractivity contribution >= 4 is 33.2 Å². The molecule has 1 aromatic carbocycles. The summed E-state index contributed by atoms with van der Waals surface area (Å²) in [6.45, 7) is 0.496. The lowest BCUT2D eigenvalue weighted by Crippen LogP contribution is -2.21. The number of benzene rings is 1. The van der Waals surface area contributed by atoms with Crippen LogP contribution in [-0.4, -0.2) is 10.5 Å². The maximum Gasteiger partial charge on any atom is 0.264 e. The number of nitrogen functional groups attached to an aromatic ring is 1. The zero-order chi connectivity index (χ0) is 15.2. The standard InChI is InChI=1S/C15H16BrN3O2/c16-11-5-3-9-19(15(11)21)10-4-8-14(20)18-13-7-2-1-6-12(13)17/h1-3,5-7,9H,4,8,10,17H2,(H,18,20). The van der Waals surface area contributed by atoms with E-state index in [1.54, 1.807) is 35.0 Å². The van der Waals surface area contributed by atoms with Gasteiger partial charge in [0.2, 0.25) is 5.91 Å². The lowest BCUT2D eigenvalue weighted by Gasteiger charge is -2.08. The molecule has 3 N–H and O–H groups in total. The molecule has 0 saturated heterocycles. The Morgan fingerprint density at radius 2 is 2.00 bits per heavy atom. The molecule has 0 aliphatic rings. The Morgan fingerprint density at radius 1 is 1.24 bits per heavy atom. The van der Waals surface area contributed by atoms with E-state index < -0.39 is 0 Å². The third kappa shape index (κ3) is 4.19. The molecule has 1 aromatic heterocycles. The summed E-state index contributed by atoms with van der Waals surface area (Å²) in [5.74, 6) is -0.115. The highest BCUT2D eigenvalue weighted by Crippen LogP contribution is 2.17. The zero-order valence-electron chi connectivity index (χ0n) is 11.4. The van der Waals surface area contributed by atoms with Crippen molar-refractivity contribution in [1.29, 1.82) is 0 Å². The molecule has 6 heteroatoms. The number of anilines is 2. The van der Waals surface area contributed by atoms with E-state index in [0.717, 1.165) is 0 Å². The van der Waals surface area contributed by atoms with Crippen molar-refractivity contribution < 1.29 is 4.79 Å². The van der Waals surface area contributed by atoms with Gasteiger partial charge in [0.25, 0.3) is 5.56 Å². The summed E-state index contributed by atoms with van der Waals surface area (Å²) in [6, 6.07) is 10.6. The van der Waals surface area contributed by atoms with Crippen LogP contribution in [-0.2, 0) is 11.3 Å². The molecule has 2 rings (SSSR count). The monoisotopic (exact) mass is 349 g/mol. The maximum absolute atomic E-state index is 11.8. The van der Waals surface area contributed by atoms with Gasteiger partial charge in [-0.05, 0) is 46.6 Å². The summed E-state index contributed by atoms with van der Waals surface area (Å²) in [5, 5.41) is 2.76. The molecule has 0 bridgehead atoms. The molecule has 1 heterocycles. The van der Waals surface area contributed by atoms with Gasteiger partial charge in [-0.1, -0.05) is 12.1 Å². The molecule has 0 aliphatic carbocycles. The van der Waals surface area contributed by atoms with Crippen LogP contribution < -0.4 is 16.6 Å². The quantitative estimate of drug-likeness (QED) is 0.814. The van der Waals surface area contributed by atoms with Crippen molar-refractivity contribution in [3.8, 4) is 0 Å². The number of nitrogens with two attached hydrogens (primary N) is 1. The van der Waals surface area contributed by atoms with Crippen LogP contribution in [0.25, 0.3) is 0 Å². The van der Waals surface area contributed by atoms with E-state index >= 15 is 0 Å². The topological polar surface area (TPSA) is 77.1 Å². The number of amides is 1. The minimum absolute atomic E-state index is 0.0924. The van der Waals surface area contributed by atoms with E-state index in [0.29, 0.717) is 35.2 Å². The first kappa shape index (κ1) is 15.3. The predicted octanol–water partition coefficient (Wildman–Crippen LogP) is 2.61. The molecule has 0 fully saturated rings. The van der Waals surface area contributed by atoms with Crippen molar-refractivity contribution in [2.24, 2.45) is 0 Å². The molecule has 0 radical (unpaired) electrons. The van der Waals surface area contributed by atoms with Gasteiger partial charge in [0.1, 0.15) is 0 Å².